The van der Waals surface area contributed by atoms with Crippen LogP contribution in [0.3, 0.4) is 0 Å². The van der Waals surface area contributed by atoms with E-state index in [0.717, 1.165) is 30.9 Å². The number of fused-ring (bicyclic) bond motifs is 2. The van der Waals surface area contributed by atoms with Gasteiger partial charge in [-0.15, -0.1) is 5.10 Å². The van der Waals surface area contributed by atoms with Crippen molar-refractivity contribution in [1.29, 1.82) is 0 Å². The van der Waals surface area contributed by atoms with E-state index in [1.54, 1.807) is 12.4 Å². The Morgan fingerprint density at radius 1 is 1.07 bits per heavy atom. The SMILES string of the molecule is Cc1ccc(NC2CC3CC2N(C(=O)c2ccccc2-n2nccn2)C3)nn1. The molecule has 0 spiro atoms. The van der Waals surface area contributed by atoms with E-state index >= 15 is 0 Å². The number of nitrogens with zero attached hydrogens (tertiary/aromatic N) is 6. The van der Waals surface area contributed by atoms with Crippen molar-refractivity contribution in [3.05, 3.63) is 60.0 Å². The number of nitrogens with one attached hydrogen (secondary N) is 1. The van der Waals surface area contributed by atoms with E-state index < -0.39 is 0 Å². The third-order valence-electron chi connectivity index (χ3n) is 5.64. The van der Waals surface area contributed by atoms with E-state index in [4.69, 9.17) is 0 Å². The fraction of sp³-hybridized carbons (Fsp3) is 0.350. The van der Waals surface area contributed by atoms with Gasteiger partial charge in [-0.25, -0.2) is 0 Å². The number of carbonyl (C=O) groups is 1. The molecule has 2 aromatic heterocycles. The fourth-order valence-electron chi connectivity index (χ4n) is 4.40. The molecule has 1 saturated carbocycles. The molecule has 3 heterocycles. The summed E-state index contributed by atoms with van der Waals surface area (Å²) in [5.41, 5.74) is 2.22. The average Bonchev–Trinajstić information content (AvgIpc) is 3.46. The van der Waals surface area contributed by atoms with Crippen molar-refractivity contribution >= 4 is 11.7 Å². The van der Waals surface area contributed by atoms with Gasteiger partial charge < -0.3 is 10.2 Å². The lowest BCUT2D eigenvalue weighted by Crippen LogP contribution is -2.48. The molecule has 8 heteroatoms. The highest BCUT2D eigenvalue weighted by Gasteiger charge is 2.47. The highest BCUT2D eigenvalue weighted by Crippen LogP contribution is 2.40. The molecule has 28 heavy (non-hydrogen) atoms. The summed E-state index contributed by atoms with van der Waals surface area (Å²) in [5, 5.41) is 20.2. The number of amides is 1. The van der Waals surface area contributed by atoms with Crippen LogP contribution in [0, 0.1) is 12.8 Å². The Morgan fingerprint density at radius 2 is 1.89 bits per heavy atom. The van der Waals surface area contributed by atoms with Gasteiger partial charge in [0.1, 0.15) is 5.82 Å². The summed E-state index contributed by atoms with van der Waals surface area (Å²) in [6, 6.07) is 11.7. The maximum atomic E-state index is 13.4. The van der Waals surface area contributed by atoms with Crippen LogP contribution in [0.1, 0.15) is 28.9 Å². The third-order valence-corrected chi connectivity index (χ3v) is 5.64. The lowest BCUT2D eigenvalue weighted by molar-refractivity contribution is 0.0691. The van der Waals surface area contributed by atoms with Gasteiger partial charge in [-0.2, -0.15) is 20.1 Å². The van der Waals surface area contributed by atoms with Crippen molar-refractivity contribution in [2.75, 3.05) is 11.9 Å². The summed E-state index contributed by atoms with van der Waals surface area (Å²) in [6.45, 7) is 2.71. The van der Waals surface area contributed by atoms with Gasteiger partial charge in [0.05, 0.1) is 35.4 Å². The van der Waals surface area contributed by atoms with E-state index in [9.17, 15) is 4.79 Å². The first kappa shape index (κ1) is 16.9. The number of anilines is 1. The van der Waals surface area contributed by atoms with Gasteiger partial charge >= 0.3 is 0 Å². The standard InChI is InChI=1S/C20H21N7O/c1-13-6-7-19(25-24-13)23-16-10-14-11-18(16)26(12-14)20(28)15-4-2-3-5-17(15)27-21-8-9-22-27/h2-9,14,16,18H,10-12H2,1H3,(H,23,25). The monoisotopic (exact) mass is 375 g/mol. The van der Waals surface area contributed by atoms with Gasteiger partial charge in [0.15, 0.2) is 0 Å². The average molecular weight is 375 g/mol. The summed E-state index contributed by atoms with van der Waals surface area (Å²) >= 11 is 0. The number of aryl methyl sites for hydroxylation is 1. The first-order valence-electron chi connectivity index (χ1n) is 9.52. The van der Waals surface area contributed by atoms with Crippen LogP contribution in [-0.4, -0.2) is 54.6 Å². The Bertz CT molecular complexity index is 986. The molecule has 2 aliphatic rings. The van der Waals surface area contributed by atoms with Gasteiger partial charge in [0.25, 0.3) is 5.91 Å². The fourth-order valence-corrected chi connectivity index (χ4v) is 4.40. The minimum absolute atomic E-state index is 0.0295. The first-order valence-corrected chi connectivity index (χ1v) is 9.52. The molecular weight excluding hydrogens is 354 g/mol. The second-order valence-electron chi connectivity index (χ2n) is 7.51. The molecule has 3 atom stereocenters. The number of hydrogen-bond acceptors (Lipinski definition) is 6. The second kappa shape index (κ2) is 6.70. The van der Waals surface area contributed by atoms with Crippen LogP contribution in [0.4, 0.5) is 5.82 Å². The van der Waals surface area contributed by atoms with Crippen LogP contribution in [0.2, 0.25) is 0 Å². The third kappa shape index (κ3) is 2.90. The first-order chi connectivity index (χ1) is 13.7. The molecule has 1 amide bonds. The molecule has 2 bridgehead atoms. The Morgan fingerprint density at radius 3 is 2.64 bits per heavy atom. The summed E-state index contributed by atoms with van der Waals surface area (Å²) < 4.78 is 0. The Labute approximate surface area is 162 Å². The number of carbonyl (C=O) groups excluding carboxylic acids is 1. The van der Waals surface area contributed by atoms with Crippen molar-refractivity contribution in [2.45, 2.75) is 31.8 Å². The lowest BCUT2D eigenvalue weighted by atomic mass is 10.0. The Balaban J connectivity index is 1.39. The van der Waals surface area contributed by atoms with Crippen molar-refractivity contribution in [1.82, 2.24) is 30.1 Å². The second-order valence-corrected chi connectivity index (χ2v) is 7.51. The number of benzene rings is 1. The largest absolute Gasteiger partial charge is 0.364 e. The van der Waals surface area contributed by atoms with Gasteiger partial charge in [-0.3, -0.25) is 4.79 Å². The van der Waals surface area contributed by atoms with Crippen LogP contribution in [0.25, 0.3) is 5.69 Å². The summed E-state index contributed by atoms with van der Waals surface area (Å²) in [5.74, 6) is 1.30. The minimum Gasteiger partial charge on any atom is -0.364 e. The number of rotatable bonds is 4. The minimum atomic E-state index is 0.0295. The summed E-state index contributed by atoms with van der Waals surface area (Å²) in [4.78, 5) is 16.9. The maximum Gasteiger partial charge on any atom is 0.256 e. The zero-order chi connectivity index (χ0) is 19.1. The zero-order valence-corrected chi connectivity index (χ0v) is 15.6. The van der Waals surface area contributed by atoms with E-state index in [-0.39, 0.29) is 18.0 Å². The van der Waals surface area contributed by atoms with E-state index in [1.165, 1.54) is 4.80 Å². The predicted molar refractivity (Wildman–Crippen MR) is 103 cm³/mol. The van der Waals surface area contributed by atoms with Crippen LogP contribution < -0.4 is 5.32 Å². The molecule has 1 aliphatic carbocycles. The molecule has 2 fully saturated rings. The van der Waals surface area contributed by atoms with Gasteiger partial charge in [0, 0.05) is 12.6 Å². The van der Waals surface area contributed by atoms with Gasteiger partial charge in [0.2, 0.25) is 0 Å². The molecule has 1 aromatic carbocycles. The Kier molecular flexibility index (Phi) is 4.03. The number of aromatic nitrogens is 5. The molecule has 3 unspecified atom stereocenters. The van der Waals surface area contributed by atoms with E-state index in [2.05, 4.69) is 25.7 Å². The van der Waals surface area contributed by atoms with Crippen molar-refractivity contribution in [3.8, 4) is 5.69 Å². The number of piperidine rings is 1. The van der Waals surface area contributed by atoms with E-state index in [0.29, 0.717) is 17.2 Å². The van der Waals surface area contributed by atoms with Crippen LogP contribution in [-0.2, 0) is 0 Å². The zero-order valence-electron chi connectivity index (χ0n) is 15.6. The van der Waals surface area contributed by atoms with Gasteiger partial charge in [-0.05, 0) is 49.9 Å². The quantitative estimate of drug-likeness (QED) is 0.751. The molecule has 3 aromatic rings. The lowest BCUT2D eigenvalue weighted by Gasteiger charge is -2.34. The highest BCUT2D eigenvalue weighted by atomic mass is 16.2. The van der Waals surface area contributed by atoms with Crippen molar-refractivity contribution < 1.29 is 4.79 Å². The van der Waals surface area contributed by atoms with Crippen molar-refractivity contribution in [2.24, 2.45) is 5.92 Å². The molecule has 1 N–H and O–H groups in total. The number of para-hydroxylation sites is 1. The van der Waals surface area contributed by atoms with Crippen molar-refractivity contribution in [3.63, 3.8) is 0 Å². The summed E-state index contributed by atoms with van der Waals surface area (Å²) in [7, 11) is 0. The predicted octanol–water partition coefficient (Wildman–Crippen LogP) is 2.08. The maximum absolute atomic E-state index is 13.4. The molecule has 1 aliphatic heterocycles. The molecule has 0 radical (unpaired) electrons. The molecule has 8 nitrogen and oxygen atoms in total. The normalized spacial score (nSPS) is 23.2. The number of likely N-dealkylation sites (tertiary alicyclic amines) is 1. The van der Waals surface area contributed by atoms with Crippen LogP contribution in [0.15, 0.2) is 48.8 Å². The smallest absolute Gasteiger partial charge is 0.256 e. The van der Waals surface area contributed by atoms with Gasteiger partial charge in [-0.1, -0.05) is 12.1 Å². The number of hydrogen-bond donors (Lipinski definition) is 1. The Hall–Kier alpha value is -3.29. The molecule has 5 rings (SSSR count). The molecule has 142 valence electrons. The van der Waals surface area contributed by atoms with Crippen LogP contribution in [0.5, 0.6) is 0 Å². The van der Waals surface area contributed by atoms with Crippen LogP contribution >= 0.6 is 0 Å². The molecule has 1 saturated heterocycles. The van der Waals surface area contributed by atoms with E-state index in [1.807, 2.05) is 48.2 Å². The summed E-state index contributed by atoms with van der Waals surface area (Å²) in [6.07, 6.45) is 5.29. The molecular formula is C20H21N7O. The topological polar surface area (TPSA) is 88.8 Å². The highest BCUT2D eigenvalue weighted by molar-refractivity contribution is 5.98.